The van der Waals surface area contributed by atoms with E-state index in [0.29, 0.717) is 4.83 Å². The highest BCUT2D eigenvalue weighted by Gasteiger charge is 2.29. The molecule has 1 saturated carbocycles. The molecule has 1 heterocycles. The van der Waals surface area contributed by atoms with Crippen LogP contribution in [-0.2, 0) is 6.42 Å². The van der Waals surface area contributed by atoms with Gasteiger partial charge >= 0.3 is 0 Å². The van der Waals surface area contributed by atoms with Crippen molar-refractivity contribution in [3.05, 3.63) is 28.5 Å². The predicted octanol–water partition coefficient (Wildman–Crippen LogP) is 3.56. The van der Waals surface area contributed by atoms with Crippen LogP contribution in [0.25, 0.3) is 0 Å². The van der Waals surface area contributed by atoms with E-state index in [-0.39, 0.29) is 0 Å². The first-order valence-electron chi connectivity index (χ1n) is 4.51. The molecular weight excluding hydrogens is 294 g/mol. The Labute approximate surface area is 95.2 Å². The molecule has 1 aromatic rings. The van der Waals surface area contributed by atoms with Gasteiger partial charge in [-0.05, 0) is 46.8 Å². The lowest BCUT2D eigenvalue weighted by Gasteiger charge is -2.08. The number of aromatic nitrogens is 1. The molecule has 0 radical (unpaired) electrons. The van der Waals surface area contributed by atoms with Crippen LogP contribution in [0.2, 0.25) is 0 Å². The average Bonchev–Trinajstić information content (AvgIpc) is 2.91. The highest BCUT2D eigenvalue weighted by molar-refractivity contribution is 9.10. The van der Waals surface area contributed by atoms with E-state index >= 15 is 0 Å². The van der Waals surface area contributed by atoms with Gasteiger partial charge in [0, 0.05) is 21.9 Å². The van der Waals surface area contributed by atoms with Gasteiger partial charge in [0.05, 0.1) is 5.69 Å². The van der Waals surface area contributed by atoms with Crippen LogP contribution in [-0.4, -0.2) is 9.81 Å². The summed E-state index contributed by atoms with van der Waals surface area (Å²) in [5.74, 6) is 0.883. The molecule has 1 aromatic heterocycles. The van der Waals surface area contributed by atoms with E-state index in [0.717, 1.165) is 22.5 Å². The fraction of sp³-hybridized carbons (Fsp3) is 0.500. The highest BCUT2D eigenvalue weighted by Crippen LogP contribution is 2.38. The van der Waals surface area contributed by atoms with Gasteiger partial charge in [-0.15, -0.1) is 0 Å². The van der Waals surface area contributed by atoms with Crippen molar-refractivity contribution >= 4 is 31.9 Å². The summed E-state index contributed by atoms with van der Waals surface area (Å²) in [6.07, 6.45) is 5.64. The number of pyridine rings is 1. The molecule has 3 heteroatoms. The third kappa shape index (κ3) is 2.53. The largest absolute Gasteiger partial charge is 0.260 e. The third-order valence-corrected chi connectivity index (χ3v) is 4.15. The van der Waals surface area contributed by atoms with Crippen LogP contribution in [0.5, 0.6) is 0 Å². The van der Waals surface area contributed by atoms with E-state index in [4.69, 9.17) is 0 Å². The zero-order valence-corrected chi connectivity index (χ0v) is 10.4. The number of hydrogen-bond donors (Lipinski definition) is 0. The molecule has 70 valence electrons. The molecular formula is C10H11Br2N. The van der Waals surface area contributed by atoms with Crippen LogP contribution < -0.4 is 0 Å². The Balaban J connectivity index is 2.03. The smallest absolute Gasteiger partial charge is 0.0556 e. The lowest BCUT2D eigenvalue weighted by molar-refractivity contribution is 0.744. The standard InChI is InChI=1S/C10H11Br2N/c11-8-2-1-5-13-10(8)6-9(12)7-3-4-7/h1-2,5,7,9H,3-4,6H2. The van der Waals surface area contributed by atoms with E-state index in [9.17, 15) is 0 Å². The van der Waals surface area contributed by atoms with Crippen LogP contribution in [0.3, 0.4) is 0 Å². The molecule has 2 rings (SSSR count). The Morgan fingerprint density at radius 1 is 1.54 bits per heavy atom. The summed E-state index contributed by atoms with van der Waals surface area (Å²) in [6.45, 7) is 0. The van der Waals surface area contributed by atoms with Crippen molar-refractivity contribution in [2.45, 2.75) is 24.1 Å². The normalized spacial score (nSPS) is 18.6. The molecule has 0 N–H and O–H groups in total. The number of nitrogens with zero attached hydrogens (tertiary/aromatic N) is 1. The molecule has 1 atom stereocenters. The van der Waals surface area contributed by atoms with E-state index in [1.165, 1.54) is 12.8 Å². The summed E-state index contributed by atoms with van der Waals surface area (Å²) in [6, 6.07) is 4.00. The van der Waals surface area contributed by atoms with Gasteiger partial charge < -0.3 is 0 Å². The van der Waals surface area contributed by atoms with Crippen molar-refractivity contribution < 1.29 is 0 Å². The van der Waals surface area contributed by atoms with Gasteiger partial charge in [0.2, 0.25) is 0 Å². The summed E-state index contributed by atoms with van der Waals surface area (Å²) >= 11 is 7.23. The zero-order valence-electron chi connectivity index (χ0n) is 7.21. The first-order chi connectivity index (χ1) is 6.27. The molecule has 13 heavy (non-hydrogen) atoms. The van der Waals surface area contributed by atoms with Gasteiger partial charge in [0.15, 0.2) is 0 Å². The first-order valence-corrected chi connectivity index (χ1v) is 6.21. The maximum Gasteiger partial charge on any atom is 0.0556 e. The number of alkyl halides is 1. The monoisotopic (exact) mass is 303 g/mol. The fourth-order valence-electron chi connectivity index (χ4n) is 1.38. The predicted molar refractivity (Wildman–Crippen MR) is 61.1 cm³/mol. The number of hydrogen-bond acceptors (Lipinski definition) is 1. The molecule has 0 amide bonds. The number of halogens is 2. The molecule has 1 nitrogen and oxygen atoms in total. The molecule has 1 unspecified atom stereocenters. The summed E-state index contributed by atoms with van der Waals surface area (Å²) in [7, 11) is 0. The average molecular weight is 305 g/mol. The quantitative estimate of drug-likeness (QED) is 0.778. The van der Waals surface area contributed by atoms with Gasteiger partial charge in [-0.1, -0.05) is 15.9 Å². The summed E-state index contributed by atoms with van der Waals surface area (Å²) < 4.78 is 1.13. The SMILES string of the molecule is Brc1cccnc1CC(Br)C1CC1. The minimum absolute atomic E-state index is 0.610. The highest BCUT2D eigenvalue weighted by atomic mass is 79.9. The minimum atomic E-state index is 0.610. The van der Waals surface area contributed by atoms with E-state index in [1.54, 1.807) is 0 Å². The van der Waals surface area contributed by atoms with Crippen molar-refractivity contribution in [1.29, 1.82) is 0 Å². The molecule has 1 fully saturated rings. The van der Waals surface area contributed by atoms with Crippen LogP contribution in [0.15, 0.2) is 22.8 Å². The van der Waals surface area contributed by atoms with Crippen molar-refractivity contribution in [2.75, 3.05) is 0 Å². The van der Waals surface area contributed by atoms with Gasteiger partial charge in [-0.3, -0.25) is 4.98 Å². The van der Waals surface area contributed by atoms with Crippen molar-refractivity contribution in [1.82, 2.24) is 4.98 Å². The fourth-order valence-corrected chi connectivity index (χ4v) is 2.63. The van der Waals surface area contributed by atoms with Crippen molar-refractivity contribution in [3.63, 3.8) is 0 Å². The molecule has 0 spiro atoms. The molecule has 0 saturated heterocycles. The molecule has 0 aliphatic heterocycles. The van der Waals surface area contributed by atoms with Gasteiger partial charge in [0.25, 0.3) is 0 Å². The van der Waals surface area contributed by atoms with E-state index < -0.39 is 0 Å². The van der Waals surface area contributed by atoms with Gasteiger partial charge in [0.1, 0.15) is 0 Å². The Morgan fingerprint density at radius 3 is 2.92 bits per heavy atom. The molecule has 0 bridgehead atoms. The van der Waals surface area contributed by atoms with Crippen LogP contribution >= 0.6 is 31.9 Å². The summed E-state index contributed by atoms with van der Waals surface area (Å²) in [4.78, 5) is 4.96. The van der Waals surface area contributed by atoms with Crippen LogP contribution in [0.1, 0.15) is 18.5 Å². The Bertz CT molecular complexity index is 297. The van der Waals surface area contributed by atoms with Crippen molar-refractivity contribution in [2.24, 2.45) is 5.92 Å². The van der Waals surface area contributed by atoms with Gasteiger partial charge in [-0.2, -0.15) is 0 Å². The summed E-state index contributed by atoms with van der Waals surface area (Å²) in [5, 5.41) is 0. The Hall–Kier alpha value is 0.110. The number of rotatable bonds is 3. The third-order valence-electron chi connectivity index (χ3n) is 2.36. The second-order valence-corrected chi connectivity index (χ2v) is 5.52. The van der Waals surface area contributed by atoms with E-state index in [2.05, 4.69) is 42.9 Å². The molecule has 1 aliphatic rings. The lowest BCUT2D eigenvalue weighted by Crippen LogP contribution is -2.06. The summed E-state index contributed by atoms with van der Waals surface area (Å²) in [5.41, 5.74) is 1.16. The van der Waals surface area contributed by atoms with Crippen LogP contribution in [0.4, 0.5) is 0 Å². The topological polar surface area (TPSA) is 12.9 Å². The Kier molecular flexibility index (Phi) is 3.04. The second kappa shape index (κ2) is 4.09. The first kappa shape index (κ1) is 9.66. The van der Waals surface area contributed by atoms with Gasteiger partial charge in [-0.25, -0.2) is 0 Å². The molecule has 0 aromatic carbocycles. The second-order valence-electron chi connectivity index (χ2n) is 3.49. The van der Waals surface area contributed by atoms with Crippen LogP contribution in [0, 0.1) is 5.92 Å². The zero-order chi connectivity index (χ0) is 9.26. The lowest BCUT2D eigenvalue weighted by atomic mass is 10.1. The maximum absolute atomic E-state index is 4.35. The van der Waals surface area contributed by atoms with Crippen molar-refractivity contribution in [3.8, 4) is 0 Å². The molecule has 1 aliphatic carbocycles. The Morgan fingerprint density at radius 2 is 2.31 bits per heavy atom. The minimum Gasteiger partial charge on any atom is -0.260 e. The van der Waals surface area contributed by atoms with E-state index in [1.807, 2.05) is 12.3 Å². The maximum atomic E-state index is 4.35.